The second-order valence-electron chi connectivity index (χ2n) is 6.57. The summed E-state index contributed by atoms with van der Waals surface area (Å²) in [4.78, 5) is 27.8. The zero-order valence-corrected chi connectivity index (χ0v) is 14.3. The second-order valence-corrected chi connectivity index (χ2v) is 6.57. The van der Waals surface area contributed by atoms with E-state index in [1.807, 2.05) is 24.3 Å². The standard InChI is InChI=1S/C18H20N4O4/c23-16(11-21-7-8-26-15-4-2-1-3-12(15)9-21)22-6-5-14-13(10-22)17(18(24)25)20-19-14/h1-4H,5-11H2,(H,19,20)(H,24,25). The number of para-hydroxylation sites is 1. The predicted molar refractivity (Wildman–Crippen MR) is 91.9 cm³/mol. The zero-order valence-electron chi connectivity index (χ0n) is 14.3. The molecular formula is C18H20N4O4. The number of hydrogen-bond acceptors (Lipinski definition) is 5. The van der Waals surface area contributed by atoms with Gasteiger partial charge in [-0.25, -0.2) is 4.79 Å². The molecule has 136 valence electrons. The fraction of sp³-hybridized carbons (Fsp3) is 0.389. The molecule has 0 radical (unpaired) electrons. The van der Waals surface area contributed by atoms with Crippen LogP contribution in [0.4, 0.5) is 0 Å². The molecule has 0 saturated heterocycles. The Morgan fingerprint density at radius 3 is 2.92 bits per heavy atom. The van der Waals surface area contributed by atoms with E-state index in [9.17, 15) is 14.7 Å². The van der Waals surface area contributed by atoms with Gasteiger partial charge in [-0.15, -0.1) is 0 Å². The molecule has 8 heteroatoms. The number of carboxylic acids is 1. The van der Waals surface area contributed by atoms with E-state index < -0.39 is 5.97 Å². The van der Waals surface area contributed by atoms with Crippen LogP contribution in [0.3, 0.4) is 0 Å². The van der Waals surface area contributed by atoms with Gasteiger partial charge in [0.25, 0.3) is 0 Å². The molecule has 2 aliphatic rings. The summed E-state index contributed by atoms with van der Waals surface area (Å²) in [6.45, 7) is 3.01. The Morgan fingerprint density at radius 1 is 1.23 bits per heavy atom. The molecule has 0 saturated carbocycles. The normalized spacial score (nSPS) is 17.0. The molecular weight excluding hydrogens is 336 g/mol. The molecule has 1 amide bonds. The number of aromatic nitrogens is 2. The summed E-state index contributed by atoms with van der Waals surface area (Å²) in [5.41, 5.74) is 2.50. The largest absolute Gasteiger partial charge is 0.492 e. The minimum atomic E-state index is -1.07. The van der Waals surface area contributed by atoms with Crippen molar-refractivity contribution >= 4 is 11.9 Å². The Kier molecular flexibility index (Phi) is 4.34. The number of hydrogen-bond donors (Lipinski definition) is 2. The SMILES string of the molecule is O=C(O)c1n[nH]c2c1CN(C(=O)CN1CCOc3ccccc3C1)CC2. The number of nitrogens with one attached hydrogen (secondary N) is 1. The summed E-state index contributed by atoms with van der Waals surface area (Å²) in [7, 11) is 0. The van der Waals surface area contributed by atoms with Crippen molar-refractivity contribution in [3.05, 3.63) is 46.8 Å². The number of rotatable bonds is 3. The van der Waals surface area contributed by atoms with E-state index in [-0.39, 0.29) is 24.7 Å². The van der Waals surface area contributed by atoms with Crippen molar-refractivity contribution in [1.82, 2.24) is 20.0 Å². The van der Waals surface area contributed by atoms with Gasteiger partial charge in [-0.2, -0.15) is 5.10 Å². The third kappa shape index (κ3) is 3.15. The van der Waals surface area contributed by atoms with Gasteiger partial charge in [0.15, 0.2) is 5.69 Å². The first-order valence-corrected chi connectivity index (χ1v) is 8.62. The Morgan fingerprint density at radius 2 is 2.08 bits per heavy atom. The van der Waals surface area contributed by atoms with Crippen molar-refractivity contribution in [2.24, 2.45) is 0 Å². The Hall–Kier alpha value is -2.87. The topological polar surface area (TPSA) is 98.8 Å². The fourth-order valence-electron chi connectivity index (χ4n) is 3.49. The molecule has 0 atom stereocenters. The van der Waals surface area contributed by atoms with Crippen molar-refractivity contribution in [2.75, 3.05) is 26.2 Å². The van der Waals surface area contributed by atoms with Crippen LogP contribution in [-0.2, 0) is 24.3 Å². The van der Waals surface area contributed by atoms with Crippen LogP contribution >= 0.6 is 0 Å². The number of benzene rings is 1. The van der Waals surface area contributed by atoms with Gasteiger partial charge in [-0.1, -0.05) is 18.2 Å². The molecule has 3 heterocycles. The molecule has 1 aromatic heterocycles. The van der Waals surface area contributed by atoms with Crippen LogP contribution in [0.1, 0.15) is 27.3 Å². The van der Waals surface area contributed by atoms with E-state index in [0.717, 1.165) is 17.0 Å². The van der Waals surface area contributed by atoms with Crippen molar-refractivity contribution in [1.29, 1.82) is 0 Å². The third-order valence-corrected chi connectivity index (χ3v) is 4.88. The first kappa shape index (κ1) is 16.6. The van der Waals surface area contributed by atoms with E-state index in [4.69, 9.17) is 4.74 Å². The zero-order chi connectivity index (χ0) is 18.1. The number of amides is 1. The number of carbonyl (C=O) groups is 2. The molecule has 0 bridgehead atoms. The molecule has 0 aliphatic carbocycles. The molecule has 0 unspecified atom stereocenters. The van der Waals surface area contributed by atoms with Crippen molar-refractivity contribution < 1.29 is 19.4 Å². The van der Waals surface area contributed by atoms with Crippen LogP contribution in [0.15, 0.2) is 24.3 Å². The van der Waals surface area contributed by atoms with Crippen molar-refractivity contribution in [2.45, 2.75) is 19.5 Å². The summed E-state index contributed by atoms with van der Waals surface area (Å²) in [5, 5.41) is 15.9. The number of nitrogens with zero attached hydrogens (tertiary/aromatic N) is 3. The summed E-state index contributed by atoms with van der Waals surface area (Å²) in [6.07, 6.45) is 0.591. The first-order chi connectivity index (χ1) is 12.6. The lowest BCUT2D eigenvalue weighted by Crippen LogP contribution is -2.43. The lowest BCUT2D eigenvalue weighted by Gasteiger charge is -2.29. The number of carbonyl (C=O) groups excluding carboxylic acids is 1. The van der Waals surface area contributed by atoms with Gasteiger partial charge in [0.2, 0.25) is 5.91 Å². The molecule has 2 aliphatic heterocycles. The van der Waals surface area contributed by atoms with Gasteiger partial charge in [-0.3, -0.25) is 14.8 Å². The highest BCUT2D eigenvalue weighted by Crippen LogP contribution is 2.23. The number of fused-ring (bicyclic) bond motifs is 2. The quantitative estimate of drug-likeness (QED) is 0.847. The van der Waals surface area contributed by atoms with Crippen molar-refractivity contribution in [3.63, 3.8) is 0 Å². The number of H-pyrrole nitrogens is 1. The Balaban J connectivity index is 1.44. The van der Waals surface area contributed by atoms with Crippen LogP contribution in [-0.4, -0.2) is 63.2 Å². The fourth-order valence-corrected chi connectivity index (χ4v) is 3.49. The van der Waals surface area contributed by atoms with Gasteiger partial charge in [-0.05, 0) is 6.07 Å². The van der Waals surface area contributed by atoms with E-state index in [2.05, 4.69) is 15.1 Å². The minimum absolute atomic E-state index is 0.00688. The smallest absolute Gasteiger partial charge is 0.356 e. The van der Waals surface area contributed by atoms with Crippen LogP contribution < -0.4 is 4.74 Å². The minimum Gasteiger partial charge on any atom is -0.492 e. The Bertz CT molecular complexity index is 847. The lowest BCUT2D eigenvalue weighted by atomic mass is 10.1. The van der Waals surface area contributed by atoms with Gasteiger partial charge >= 0.3 is 5.97 Å². The highest BCUT2D eigenvalue weighted by Gasteiger charge is 2.28. The highest BCUT2D eigenvalue weighted by molar-refractivity contribution is 5.88. The van der Waals surface area contributed by atoms with Gasteiger partial charge in [0.1, 0.15) is 12.4 Å². The monoisotopic (exact) mass is 356 g/mol. The van der Waals surface area contributed by atoms with Gasteiger partial charge < -0.3 is 14.7 Å². The van der Waals surface area contributed by atoms with E-state index in [1.165, 1.54) is 0 Å². The number of ether oxygens (including phenoxy) is 1. The van der Waals surface area contributed by atoms with Crippen LogP contribution in [0.5, 0.6) is 5.75 Å². The Labute approximate surface area is 150 Å². The summed E-state index contributed by atoms with van der Waals surface area (Å²) in [6, 6.07) is 7.86. The summed E-state index contributed by atoms with van der Waals surface area (Å²) >= 11 is 0. The molecule has 2 N–H and O–H groups in total. The lowest BCUT2D eigenvalue weighted by molar-refractivity contribution is -0.133. The summed E-state index contributed by atoms with van der Waals surface area (Å²) < 4.78 is 5.74. The molecule has 1 aromatic carbocycles. The highest BCUT2D eigenvalue weighted by atomic mass is 16.5. The van der Waals surface area contributed by atoms with E-state index in [0.29, 0.717) is 38.2 Å². The van der Waals surface area contributed by atoms with E-state index in [1.54, 1.807) is 4.90 Å². The first-order valence-electron chi connectivity index (χ1n) is 8.62. The molecule has 26 heavy (non-hydrogen) atoms. The van der Waals surface area contributed by atoms with Gasteiger partial charge in [0, 0.05) is 49.4 Å². The maximum Gasteiger partial charge on any atom is 0.356 e. The predicted octanol–water partition coefficient (Wildman–Crippen LogP) is 0.887. The van der Waals surface area contributed by atoms with Crippen molar-refractivity contribution in [3.8, 4) is 5.75 Å². The van der Waals surface area contributed by atoms with Crippen LogP contribution in [0.2, 0.25) is 0 Å². The molecule has 4 rings (SSSR count). The van der Waals surface area contributed by atoms with E-state index >= 15 is 0 Å². The maximum absolute atomic E-state index is 12.8. The van der Waals surface area contributed by atoms with Crippen LogP contribution in [0.25, 0.3) is 0 Å². The average molecular weight is 356 g/mol. The molecule has 0 fully saturated rings. The third-order valence-electron chi connectivity index (χ3n) is 4.88. The molecule has 0 spiro atoms. The number of aromatic amines is 1. The number of aromatic carboxylic acids is 1. The number of carboxylic acid groups (broad SMARTS) is 1. The average Bonchev–Trinajstić information content (AvgIpc) is 2.95. The second kappa shape index (κ2) is 6.80. The maximum atomic E-state index is 12.8. The summed E-state index contributed by atoms with van der Waals surface area (Å²) in [5.74, 6) is -0.208. The van der Waals surface area contributed by atoms with Gasteiger partial charge in [0.05, 0.1) is 6.54 Å². The molecule has 8 nitrogen and oxygen atoms in total. The van der Waals surface area contributed by atoms with Crippen LogP contribution in [0, 0.1) is 0 Å². The molecule has 2 aromatic rings.